The van der Waals surface area contributed by atoms with Crippen LogP contribution in [0.1, 0.15) is 19.3 Å². The van der Waals surface area contributed by atoms with Crippen LogP contribution < -0.4 is 11.5 Å². The molecule has 6 nitrogen and oxygen atoms in total. The molecule has 0 saturated heterocycles. The van der Waals surface area contributed by atoms with Crippen molar-refractivity contribution in [3.8, 4) is 0 Å². The maximum Gasteiger partial charge on any atom is 0.320 e. The van der Waals surface area contributed by atoms with Crippen molar-refractivity contribution in [2.75, 3.05) is 13.6 Å². The molecular weight excluding hydrogens is 186 g/mol. The predicted molar refractivity (Wildman–Crippen MR) is 51.7 cm³/mol. The molecule has 5 N–H and O–H groups in total. The van der Waals surface area contributed by atoms with Crippen LogP contribution in [0.15, 0.2) is 0 Å². The molecule has 2 amide bonds. The van der Waals surface area contributed by atoms with E-state index in [1.54, 1.807) is 7.05 Å². The van der Waals surface area contributed by atoms with E-state index < -0.39 is 18.0 Å². The minimum absolute atomic E-state index is 0.419. The number of carboxylic acids is 1. The Kier molecular flexibility index (Phi) is 5.62. The summed E-state index contributed by atoms with van der Waals surface area (Å²) in [4.78, 5) is 22.3. The van der Waals surface area contributed by atoms with Gasteiger partial charge in [0.15, 0.2) is 0 Å². The smallest absolute Gasteiger partial charge is 0.320 e. The molecule has 0 aliphatic carbocycles. The molecule has 0 unspecified atom stereocenters. The van der Waals surface area contributed by atoms with Crippen LogP contribution in [-0.2, 0) is 4.79 Å². The van der Waals surface area contributed by atoms with E-state index in [0.717, 1.165) is 0 Å². The molecule has 0 aromatic carbocycles. The zero-order valence-electron chi connectivity index (χ0n) is 8.27. The van der Waals surface area contributed by atoms with Crippen molar-refractivity contribution in [2.45, 2.75) is 25.3 Å². The van der Waals surface area contributed by atoms with Gasteiger partial charge < -0.3 is 21.5 Å². The Balaban J connectivity index is 3.47. The van der Waals surface area contributed by atoms with Gasteiger partial charge >= 0.3 is 12.0 Å². The molecular formula is C8H17N3O3. The summed E-state index contributed by atoms with van der Waals surface area (Å²) in [7, 11) is 1.60. The van der Waals surface area contributed by atoms with Crippen LogP contribution in [0.4, 0.5) is 4.79 Å². The molecule has 0 aromatic heterocycles. The number of aliphatic carboxylic acids is 1. The van der Waals surface area contributed by atoms with Gasteiger partial charge in [0.2, 0.25) is 0 Å². The summed E-state index contributed by atoms with van der Waals surface area (Å²) in [6.07, 6.45) is 1.80. The summed E-state index contributed by atoms with van der Waals surface area (Å²) in [5.41, 5.74) is 10.3. The van der Waals surface area contributed by atoms with Gasteiger partial charge in [-0.1, -0.05) is 0 Å². The third-order valence-electron chi connectivity index (χ3n) is 1.95. The first-order valence-corrected chi connectivity index (χ1v) is 4.44. The van der Waals surface area contributed by atoms with E-state index in [1.165, 1.54) is 4.90 Å². The maximum absolute atomic E-state index is 10.6. The Hall–Kier alpha value is -1.30. The van der Waals surface area contributed by atoms with Gasteiger partial charge in [-0.05, 0) is 19.3 Å². The monoisotopic (exact) mass is 203 g/mol. The Morgan fingerprint density at radius 1 is 1.43 bits per heavy atom. The lowest BCUT2D eigenvalue weighted by molar-refractivity contribution is -0.138. The van der Waals surface area contributed by atoms with Gasteiger partial charge in [-0.15, -0.1) is 0 Å². The Morgan fingerprint density at radius 2 is 2.00 bits per heavy atom. The van der Waals surface area contributed by atoms with Crippen LogP contribution >= 0.6 is 0 Å². The van der Waals surface area contributed by atoms with E-state index in [2.05, 4.69) is 0 Å². The molecule has 0 rings (SSSR count). The fraction of sp³-hybridized carbons (Fsp3) is 0.750. The minimum Gasteiger partial charge on any atom is -0.480 e. The van der Waals surface area contributed by atoms with Gasteiger partial charge in [0, 0.05) is 13.6 Å². The lowest BCUT2D eigenvalue weighted by Crippen LogP contribution is -2.33. The van der Waals surface area contributed by atoms with Crippen LogP contribution in [0.3, 0.4) is 0 Å². The first-order valence-electron chi connectivity index (χ1n) is 4.44. The Bertz CT molecular complexity index is 186. The Labute approximate surface area is 82.9 Å². The summed E-state index contributed by atoms with van der Waals surface area (Å²) in [6, 6.07) is -1.29. The van der Waals surface area contributed by atoms with Crippen molar-refractivity contribution in [1.29, 1.82) is 0 Å². The number of carboxylic acid groups (broad SMARTS) is 1. The van der Waals surface area contributed by atoms with Gasteiger partial charge in [0.05, 0.1) is 0 Å². The first kappa shape index (κ1) is 12.7. The number of unbranched alkanes of at least 4 members (excludes halogenated alkanes) is 1. The lowest BCUT2D eigenvalue weighted by Gasteiger charge is -2.13. The zero-order valence-corrected chi connectivity index (χ0v) is 8.27. The van der Waals surface area contributed by atoms with E-state index in [4.69, 9.17) is 16.6 Å². The quantitative estimate of drug-likeness (QED) is 0.509. The van der Waals surface area contributed by atoms with Crippen LogP contribution in [0.5, 0.6) is 0 Å². The summed E-state index contributed by atoms with van der Waals surface area (Å²) >= 11 is 0. The average molecular weight is 203 g/mol. The standard InChI is InChI=1S/C8H17N3O3/c1-11(8(10)14)5-3-2-4-6(9)7(12)13/h6H,2-5,9H2,1H3,(H2,10,14)(H,12,13)/t6-/m0/s1. The second-order valence-corrected chi connectivity index (χ2v) is 3.20. The normalized spacial score (nSPS) is 12.1. The lowest BCUT2D eigenvalue weighted by atomic mass is 10.1. The van der Waals surface area contributed by atoms with Crippen LogP contribution in [0.25, 0.3) is 0 Å². The van der Waals surface area contributed by atoms with Crippen LogP contribution in [0, 0.1) is 0 Å². The number of nitrogens with two attached hydrogens (primary N) is 2. The number of amides is 2. The molecule has 0 radical (unpaired) electrons. The second kappa shape index (κ2) is 6.20. The van der Waals surface area contributed by atoms with E-state index in [-0.39, 0.29) is 0 Å². The van der Waals surface area contributed by atoms with Gasteiger partial charge in [0.25, 0.3) is 0 Å². The number of urea groups is 1. The molecule has 82 valence electrons. The molecule has 0 aromatic rings. The Morgan fingerprint density at radius 3 is 2.43 bits per heavy atom. The highest BCUT2D eigenvalue weighted by atomic mass is 16.4. The van der Waals surface area contributed by atoms with E-state index >= 15 is 0 Å². The summed E-state index contributed by atoms with van der Waals surface area (Å²) in [5, 5.41) is 8.47. The molecule has 0 aliphatic heterocycles. The van der Waals surface area contributed by atoms with Crippen LogP contribution in [0.2, 0.25) is 0 Å². The van der Waals surface area contributed by atoms with E-state index in [9.17, 15) is 9.59 Å². The number of carbonyl (C=O) groups excluding carboxylic acids is 1. The number of carbonyl (C=O) groups is 2. The minimum atomic E-state index is -0.992. The molecule has 1 atom stereocenters. The largest absolute Gasteiger partial charge is 0.480 e. The topological polar surface area (TPSA) is 110 Å². The molecule has 0 spiro atoms. The van der Waals surface area contributed by atoms with Crippen molar-refractivity contribution in [2.24, 2.45) is 11.5 Å². The maximum atomic E-state index is 10.6. The third-order valence-corrected chi connectivity index (χ3v) is 1.95. The van der Waals surface area contributed by atoms with Crippen molar-refractivity contribution in [1.82, 2.24) is 4.90 Å². The summed E-state index contributed by atoms with van der Waals surface area (Å²) in [5.74, 6) is -0.992. The molecule has 0 bridgehead atoms. The van der Waals surface area contributed by atoms with Crippen molar-refractivity contribution < 1.29 is 14.7 Å². The fourth-order valence-electron chi connectivity index (χ4n) is 0.947. The molecule has 0 aliphatic rings. The zero-order chi connectivity index (χ0) is 11.1. The highest BCUT2D eigenvalue weighted by molar-refractivity contribution is 5.73. The predicted octanol–water partition coefficient (Wildman–Crippen LogP) is -0.421. The second-order valence-electron chi connectivity index (χ2n) is 3.20. The number of primary amides is 1. The molecule has 14 heavy (non-hydrogen) atoms. The summed E-state index contributed by atoms with van der Waals surface area (Å²) < 4.78 is 0. The SMILES string of the molecule is CN(CCCC[C@H](N)C(=O)O)C(N)=O. The van der Waals surface area contributed by atoms with Gasteiger partial charge in [-0.2, -0.15) is 0 Å². The van der Waals surface area contributed by atoms with Crippen molar-refractivity contribution in [3.63, 3.8) is 0 Å². The number of rotatable bonds is 6. The average Bonchev–Trinajstić information content (AvgIpc) is 2.11. The van der Waals surface area contributed by atoms with Crippen LogP contribution in [-0.4, -0.2) is 41.6 Å². The molecule has 0 saturated carbocycles. The van der Waals surface area contributed by atoms with Gasteiger partial charge in [-0.25, -0.2) is 4.79 Å². The molecule has 0 heterocycles. The van der Waals surface area contributed by atoms with Gasteiger partial charge in [0.1, 0.15) is 6.04 Å². The fourth-order valence-corrected chi connectivity index (χ4v) is 0.947. The number of nitrogens with zero attached hydrogens (tertiary/aromatic N) is 1. The van der Waals surface area contributed by atoms with E-state index in [1.807, 2.05) is 0 Å². The summed E-state index contributed by atoms with van der Waals surface area (Å²) in [6.45, 7) is 0.529. The van der Waals surface area contributed by atoms with Crippen molar-refractivity contribution in [3.05, 3.63) is 0 Å². The number of hydrogen-bond donors (Lipinski definition) is 3. The van der Waals surface area contributed by atoms with E-state index in [0.29, 0.717) is 25.8 Å². The molecule has 0 fully saturated rings. The molecule has 6 heteroatoms. The van der Waals surface area contributed by atoms with Gasteiger partial charge in [-0.3, -0.25) is 4.79 Å². The highest BCUT2D eigenvalue weighted by Crippen LogP contribution is 2.00. The third kappa shape index (κ3) is 5.36. The number of hydrogen-bond acceptors (Lipinski definition) is 3. The first-order chi connectivity index (χ1) is 6.45. The highest BCUT2D eigenvalue weighted by Gasteiger charge is 2.10. The van der Waals surface area contributed by atoms with Crippen molar-refractivity contribution >= 4 is 12.0 Å².